The molecular weight excluding hydrogens is 208 g/mol. The van der Waals surface area contributed by atoms with Gasteiger partial charge in [-0.3, -0.25) is 14.7 Å². The highest BCUT2D eigenvalue weighted by atomic mass is 16.6. The third-order valence-corrected chi connectivity index (χ3v) is 2.31. The Balaban J connectivity index is 2.50. The Labute approximate surface area is 91.7 Å². The summed E-state index contributed by atoms with van der Waals surface area (Å²) in [5.74, 6) is 1.43. The third-order valence-electron chi connectivity index (χ3n) is 2.31. The maximum atomic E-state index is 10.6. The molecular formula is C10H10N4O2. The van der Waals surface area contributed by atoms with Crippen molar-refractivity contribution in [3.63, 3.8) is 0 Å². The maximum Gasteiger partial charge on any atom is 0.290 e. The Kier molecular flexibility index (Phi) is 2.40. The van der Waals surface area contributed by atoms with Gasteiger partial charge in [0.2, 0.25) is 0 Å². The van der Waals surface area contributed by atoms with E-state index >= 15 is 0 Å². The second-order valence-electron chi connectivity index (χ2n) is 3.38. The van der Waals surface area contributed by atoms with Crippen molar-refractivity contribution in [2.24, 2.45) is 0 Å². The zero-order valence-electron chi connectivity index (χ0n) is 8.91. The maximum absolute atomic E-state index is 10.6. The molecule has 2 heterocycles. The number of hydrogen-bond acceptors (Lipinski definition) is 4. The Morgan fingerprint density at radius 3 is 2.62 bits per heavy atom. The lowest BCUT2D eigenvalue weighted by Gasteiger charge is -2.04. The SMILES string of the molecule is Cc1nc(-n2ccnc2C)ccc1[N+](=O)[O-]. The number of rotatable bonds is 2. The number of hydrogen-bond donors (Lipinski definition) is 0. The van der Waals surface area contributed by atoms with Gasteiger partial charge in [0, 0.05) is 18.5 Å². The van der Waals surface area contributed by atoms with Crippen LogP contribution in [0.15, 0.2) is 24.5 Å². The van der Waals surface area contributed by atoms with Gasteiger partial charge in [-0.1, -0.05) is 0 Å². The third kappa shape index (κ3) is 1.65. The Morgan fingerprint density at radius 2 is 2.12 bits per heavy atom. The summed E-state index contributed by atoms with van der Waals surface area (Å²) in [6, 6.07) is 3.07. The van der Waals surface area contributed by atoms with Crippen LogP contribution in [0, 0.1) is 24.0 Å². The van der Waals surface area contributed by atoms with E-state index in [4.69, 9.17) is 0 Å². The highest BCUT2D eigenvalue weighted by Crippen LogP contribution is 2.17. The molecule has 82 valence electrons. The molecule has 0 fully saturated rings. The van der Waals surface area contributed by atoms with Crippen LogP contribution in [0.2, 0.25) is 0 Å². The standard InChI is InChI=1S/C10H10N4O2/c1-7-9(14(15)16)3-4-10(12-7)13-6-5-11-8(13)2/h3-6H,1-2H3. The Hall–Kier alpha value is -2.24. The van der Waals surface area contributed by atoms with Gasteiger partial charge in [0.1, 0.15) is 17.3 Å². The summed E-state index contributed by atoms with van der Waals surface area (Å²) < 4.78 is 1.77. The quantitative estimate of drug-likeness (QED) is 0.569. The minimum absolute atomic E-state index is 0.0292. The van der Waals surface area contributed by atoms with Crippen LogP contribution in [0.1, 0.15) is 11.5 Å². The van der Waals surface area contributed by atoms with Gasteiger partial charge < -0.3 is 0 Å². The summed E-state index contributed by atoms with van der Waals surface area (Å²) in [5.41, 5.74) is 0.428. The highest BCUT2D eigenvalue weighted by molar-refractivity contribution is 5.40. The van der Waals surface area contributed by atoms with Crippen molar-refractivity contribution in [2.75, 3.05) is 0 Å². The molecule has 2 rings (SSSR count). The Morgan fingerprint density at radius 1 is 1.38 bits per heavy atom. The van der Waals surface area contributed by atoms with E-state index in [1.165, 1.54) is 6.07 Å². The fourth-order valence-electron chi connectivity index (χ4n) is 1.49. The fourth-order valence-corrected chi connectivity index (χ4v) is 1.49. The average molecular weight is 218 g/mol. The second kappa shape index (κ2) is 3.73. The molecule has 0 aromatic carbocycles. The minimum Gasteiger partial charge on any atom is -0.288 e. The first-order valence-electron chi connectivity index (χ1n) is 4.72. The molecule has 2 aromatic heterocycles. The van der Waals surface area contributed by atoms with Gasteiger partial charge in [0.25, 0.3) is 5.69 Å². The summed E-state index contributed by atoms with van der Waals surface area (Å²) in [6.45, 7) is 3.46. The fraction of sp³-hybridized carbons (Fsp3) is 0.200. The summed E-state index contributed by atoms with van der Waals surface area (Å²) >= 11 is 0. The monoisotopic (exact) mass is 218 g/mol. The molecule has 0 bridgehead atoms. The van der Waals surface area contributed by atoms with Crippen molar-refractivity contribution in [1.82, 2.24) is 14.5 Å². The van der Waals surface area contributed by atoms with Crippen molar-refractivity contribution in [2.45, 2.75) is 13.8 Å². The van der Waals surface area contributed by atoms with E-state index in [1.807, 2.05) is 6.92 Å². The molecule has 0 saturated heterocycles. The van der Waals surface area contributed by atoms with Gasteiger partial charge >= 0.3 is 0 Å². The van der Waals surface area contributed by atoms with E-state index < -0.39 is 4.92 Å². The molecule has 0 saturated carbocycles. The number of nitro groups is 1. The molecule has 0 spiro atoms. The van der Waals surface area contributed by atoms with Crippen molar-refractivity contribution < 1.29 is 4.92 Å². The number of aromatic nitrogens is 3. The van der Waals surface area contributed by atoms with Crippen LogP contribution >= 0.6 is 0 Å². The first kappa shape index (κ1) is 10.3. The van der Waals surface area contributed by atoms with E-state index in [-0.39, 0.29) is 5.69 Å². The van der Waals surface area contributed by atoms with Crippen LogP contribution in [0.25, 0.3) is 5.82 Å². The lowest BCUT2D eigenvalue weighted by Crippen LogP contribution is -2.02. The molecule has 0 N–H and O–H groups in total. The normalized spacial score (nSPS) is 10.4. The second-order valence-corrected chi connectivity index (χ2v) is 3.38. The molecule has 0 amide bonds. The largest absolute Gasteiger partial charge is 0.290 e. The molecule has 0 aliphatic rings. The number of aryl methyl sites for hydroxylation is 2. The lowest BCUT2D eigenvalue weighted by molar-refractivity contribution is -0.385. The van der Waals surface area contributed by atoms with Gasteiger partial charge in [-0.2, -0.15) is 0 Å². The number of imidazole rings is 1. The molecule has 0 unspecified atom stereocenters. The topological polar surface area (TPSA) is 73.8 Å². The van der Waals surface area contributed by atoms with Gasteiger partial charge in [-0.05, 0) is 19.9 Å². The van der Waals surface area contributed by atoms with Crippen molar-refractivity contribution >= 4 is 5.69 Å². The molecule has 0 aliphatic carbocycles. The lowest BCUT2D eigenvalue weighted by atomic mass is 10.3. The molecule has 2 aromatic rings. The molecule has 16 heavy (non-hydrogen) atoms. The van der Waals surface area contributed by atoms with Crippen LogP contribution in [0.5, 0.6) is 0 Å². The molecule has 0 radical (unpaired) electrons. The highest BCUT2D eigenvalue weighted by Gasteiger charge is 2.12. The van der Waals surface area contributed by atoms with Crippen molar-refractivity contribution in [3.8, 4) is 5.82 Å². The van der Waals surface area contributed by atoms with Crippen LogP contribution in [0.4, 0.5) is 5.69 Å². The summed E-state index contributed by atoms with van der Waals surface area (Å²) in [4.78, 5) is 18.4. The van der Waals surface area contributed by atoms with Crippen molar-refractivity contribution in [1.29, 1.82) is 0 Å². The molecule has 6 nitrogen and oxygen atoms in total. The van der Waals surface area contributed by atoms with Crippen LogP contribution < -0.4 is 0 Å². The van der Waals surface area contributed by atoms with E-state index in [2.05, 4.69) is 9.97 Å². The van der Waals surface area contributed by atoms with Crippen LogP contribution in [0.3, 0.4) is 0 Å². The van der Waals surface area contributed by atoms with Gasteiger partial charge in [0.05, 0.1) is 4.92 Å². The van der Waals surface area contributed by atoms with Crippen LogP contribution in [-0.2, 0) is 0 Å². The average Bonchev–Trinajstić information content (AvgIpc) is 2.63. The minimum atomic E-state index is -0.438. The predicted molar refractivity (Wildman–Crippen MR) is 57.5 cm³/mol. The zero-order valence-corrected chi connectivity index (χ0v) is 8.91. The van der Waals surface area contributed by atoms with Gasteiger partial charge in [-0.15, -0.1) is 0 Å². The van der Waals surface area contributed by atoms with Gasteiger partial charge in [-0.25, -0.2) is 9.97 Å². The van der Waals surface area contributed by atoms with E-state index in [9.17, 15) is 10.1 Å². The van der Waals surface area contributed by atoms with Crippen molar-refractivity contribution in [3.05, 3.63) is 46.2 Å². The number of nitrogens with zero attached hydrogens (tertiary/aromatic N) is 4. The first-order valence-corrected chi connectivity index (χ1v) is 4.72. The van der Waals surface area contributed by atoms with Gasteiger partial charge in [0.15, 0.2) is 0 Å². The zero-order chi connectivity index (χ0) is 11.7. The molecule has 0 atom stereocenters. The molecule has 0 aliphatic heterocycles. The predicted octanol–water partition coefficient (Wildman–Crippen LogP) is 1.79. The number of pyridine rings is 1. The van der Waals surface area contributed by atoms with E-state index in [0.717, 1.165) is 5.82 Å². The summed E-state index contributed by atoms with van der Waals surface area (Å²) in [6.07, 6.45) is 3.43. The van der Waals surface area contributed by atoms with E-state index in [0.29, 0.717) is 11.5 Å². The van der Waals surface area contributed by atoms with E-state index in [1.54, 1.807) is 30.0 Å². The summed E-state index contributed by atoms with van der Waals surface area (Å²) in [7, 11) is 0. The Bertz CT molecular complexity index is 548. The molecule has 6 heteroatoms. The summed E-state index contributed by atoms with van der Waals surface area (Å²) in [5, 5.41) is 10.6. The van der Waals surface area contributed by atoms with Crippen LogP contribution in [-0.4, -0.2) is 19.5 Å². The first-order chi connectivity index (χ1) is 7.59. The smallest absolute Gasteiger partial charge is 0.288 e.